The van der Waals surface area contributed by atoms with E-state index in [0.29, 0.717) is 41.8 Å². The predicted molar refractivity (Wildman–Crippen MR) is 127 cm³/mol. The first-order valence-electron chi connectivity index (χ1n) is 10.2. The number of carbonyl (C=O) groups excluding carboxylic acids is 2. The number of rotatable bonds is 8. The van der Waals surface area contributed by atoms with Gasteiger partial charge in [-0.2, -0.15) is 0 Å². The highest BCUT2D eigenvalue weighted by molar-refractivity contribution is 9.10. The van der Waals surface area contributed by atoms with Crippen molar-refractivity contribution in [1.29, 1.82) is 0 Å². The third kappa shape index (κ3) is 6.59. The second kappa shape index (κ2) is 11.3. The highest BCUT2D eigenvalue weighted by Crippen LogP contribution is 2.24. The standard InChI is InChI=1S/C25H25BrN2O4/c1-17(2)15-31-23-13-12-19(26)14-21(23)25(30)28-27-24(29)20-10-6-7-11-22(20)32-16-18-8-4-3-5-9-18/h3-14,17H,15-16H2,1-2H3,(H,27,29)(H,28,30). The van der Waals surface area contributed by atoms with Crippen LogP contribution in [0, 0.1) is 5.92 Å². The SMILES string of the molecule is CC(C)COc1ccc(Br)cc1C(=O)NNC(=O)c1ccccc1OCc1ccccc1. The van der Waals surface area contributed by atoms with Crippen LogP contribution in [0.15, 0.2) is 77.3 Å². The highest BCUT2D eigenvalue weighted by atomic mass is 79.9. The van der Waals surface area contributed by atoms with Crippen LogP contribution in [0.3, 0.4) is 0 Å². The normalized spacial score (nSPS) is 10.5. The maximum atomic E-state index is 12.7. The summed E-state index contributed by atoms with van der Waals surface area (Å²) in [4.78, 5) is 25.5. The largest absolute Gasteiger partial charge is 0.492 e. The molecule has 0 aliphatic heterocycles. The van der Waals surface area contributed by atoms with Gasteiger partial charge in [-0.3, -0.25) is 20.4 Å². The minimum absolute atomic E-state index is 0.307. The summed E-state index contributed by atoms with van der Waals surface area (Å²) in [6.07, 6.45) is 0. The molecule has 0 heterocycles. The number of hydrogen-bond acceptors (Lipinski definition) is 4. The first-order chi connectivity index (χ1) is 15.4. The van der Waals surface area contributed by atoms with Crippen LogP contribution in [0.1, 0.15) is 40.1 Å². The lowest BCUT2D eigenvalue weighted by molar-refractivity contribution is 0.0841. The number of amides is 2. The molecule has 0 spiro atoms. The maximum Gasteiger partial charge on any atom is 0.273 e. The van der Waals surface area contributed by atoms with Gasteiger partial charge < -0.3 is 9.47 Å². The Kier molecular flexibility index (Phi) is 8.27. The zero-order valence-electron chi connectivity index (χ0n) is 17.9. The number of halogens is 1. The summed E-state index contributed by atoms with van der Waals surface area (Å²) in [7, 11) is 0. The van der Waals surface area contributed by atoms with Crippen molar-refractivity contribution in [2.24, 2.45) is 5.92 Å². The van der Waals surface area contributed by atoms with E-state index in [-0.39, 0.29) is 0 Å². The Bertz CT molecular complexity index is 1070. The summed E-state index contributed by atoms with van der Waals surface area (Å²) < 4.78 is 12.3. The number of carbonyl (C=O) groups is 2. The molecule has 0 saturated heterocycles. The molecular formula is C25H25BrN2O4. The van der Waals surface area contributed by atoms with Crippen molar-refractivity contribution < 1.29 is 19.1 Å². The average molecular weight is 497 g/mol. The van der Waals surface area contributed by atoms with Gasteiger partial charge in [0.2, 0.25) is 0 Å². The van der Waals surface area contributed by atoms with Crippen molar-refractivity contribution >= 4 is 27.7 Å². The second-order valence-corrected chi connectivity index (χ2v) is 8.44. The van der Waals surface area contributed by atoms with Crippen LogP contribution in [-0.4, -0.2) is 18.4 Å². The Balaban J connectivity index is 1.66. The molecule has 0 aromatic heterocycles. The molecule has 0 radical (unpaired) electrons. The first-order valence-corrected chi connectivity index (χ1v) is 11.0. The summed E-state index contributed by atoms with van der Waals surface area (Å²) in [5.41, 5.74) is 6.53. The molecule has 2 N–H and O–H groups in total. The van der Waals surface area contributed by atoms with E-state index < -0.39 is 11.8 Å². The molecule has 0 fully saturated rings. The summed E-state index contributed by atoms with van der Waals surface area (Å²) in [6.45, 7) is 4.85. The van der Waals surface area contributed by atoms with E-state index in [2.05, 4.69) is 26.8 Å². The Hall–Kier alpha value is -3.32. The molecule has 6 nitrogen and oxygen atoms in total. The quantitative estimate of drug-likeness (QED) is 0.423. The van der Waals surface area contributed by atoms with Crippen molar-refractivity contribution in [3.05, 3.63) is 94.0 Å². The Morgan fingerprint density at radius 2 is 1.44 bits per heavy atom. The molecule has 0 bridgehead atoms. The fraction of sp³-hybridized carbons (Fsp3) is 0.200. The van der Waals surface area contributed by atoms with E-state index in [0.717, 1.165) is 10.0 Å². The third-order valence-corrected chi connectivity index (χ3v) is 4.91. The summed E-state index contributed by atoms with van der Waals surface area (Å²) in [5.74, 6) is 0.205. The van der Waals surface area contributed by atoms with Gasteiger partial charge in [0.1, 0.15) is 18.1 Å². The molecular weight excluding hydrogens is 472 g/mol. The molecule has 32 heavy (non-hydrogen) atoms. The van der Waals surface area contributed by atoms with Crippen LogP contribution in [0.5, 0.6) is 11.5 Å². The Labute approximate surface area is 196 Å². The van der Waals surface area contributed by atoms with Crippen LogP contribution < -0.4 is 20.3 Å². The van der Waals surface area contributed by atoms with E-state index in [1.807, 2.05) is 44.2 Å². The lowest BCUT2D eigenvalue weighted by atomic mass is 10.2. The van der Waals surface area contributed by atoms with E-state index in [9.17, 15) is 9.59 Å². The van der Waals surface area contributed by atoms with Gasteiger partial charge in [0.25, 0.3) is 11.8 Å². The minimum Gasteiger partial charge on any atom is -0.492 e. The lowest BCUT2D eigenvalue weighted by Crippen LogP contribution is -2.42. The number of hydrazine groups is 1. The smallest absolute Gasteiger partial charge is 0.273 e. The molecule has 0 aliphatic rings. The van der Waals surface area contributed by atoms with Crippen molar-refractivity contribution in [3.8, 4) is 11.5 Å². The monoisotopic (exact) mass is 496 g/mol. The molecule has 166 valence electrons. The minimum atomic E-state index is -0.485. The van der Waals surface area contributed by atoms with Gasteiger partial charge in [0.05, 0.1) is 17.7 Å². The molecule has 3 aromatic carbocycles. The van der Waals surface area contributed by atoms with E-state index in [1.165, 1.54) is 0 Å². The van der Waals surface area contributed by atoms with Crippen molar-refractivity contribution in [3.63, 3.8) is 0 Å². The fourth-order valence-corrected chi connectivity index (χ4v) is 3.19. The van der Waals surface area contributed by atoms with Gasteiger partial charge >= 0.3 is 0 Å². The van der Waals surface area contributed by atoms with E-state index in [4.69, 9.17) is 9.47 Å². The van der Waals surface area contributed by atoms with Crippen LogP contribution in [0.2, 0.25) is 0 Å². The summed E-state index contributed by atoms with van der Waals surface area (Å²) >= 11 is 3.37. The zero-order valence-corrected chi connectivity index (χ0v) is 19.5. The molecule has 2 amide bonds. The fourth-order valence-electron chi connectivity index (χ4n) is 2.83. The number of para-hydroxylation sites is 1. The van der Waals surface area contributed by atoms with Gasteiger partial charge in [-0.25, -0.2) is 0 Å². The highest BCUT2D eigenvalue weighted by Gasteiger charge is 2.17. The third-order valence-electron chi connectivity index (χ3n) is 4.42. The van der Waals surface area contributed by atoms with Crippen LogP contribution >= 0.6 is 15.9 Å². The Morgan fingerprint density at radius 3 is 2.16 bits per heavy atom. The number of hydrogen-bond donors (Lipinski definition) is 2. The molecule has 0 unspecified atom stereocenters. The second-order valence-electron chi connectivity index (χ2n) is 7.52. The van der Waals surface area contributed by atoms with Crippen LogP contribution in [0.4, 0.5) is 0 Å². The van der Waals surface area contributed by atoms with E-state index >= 15 is 0 Å². The van der Waals surface area contributed by atoms with Crippen LogP contribution in [0.25, 0.3) is 0 Å². The molecule has 0 saturated carbocycles. The van der Waals surface area contributed by atoms with Gasteiger partial charge in [0, 0.05) is 4.47 Å². The summed E-state index contributed by atoms with van der Waals surface area (Å²) in [5, 5.41) is 0. The van der Waals surface area contributed by atoms with E-state index in [1.54, 1.807) is 42.5 Å². The van der Waals surface area contributed by atoms with Crippen molar-refractivity contribution in [1.82, 2.24) is 10.9 Å². The van der Waals surface area contributed by atoms with Gasteiger partial charge in [0.15, 0.2) is 0 Å². The number of benzene rings is 3. The number of ether oxygens (including phenoxy) is 2. The molecule has 0 aliphatic carbocycles. The first kappa shape index (κ1) is 23.3. The molecule has 0 atom stereocenters. The van der Waals surface area contributed by atoms with Gasteiger partial charge in [-0.05, 0) is 41.8 Å². The van der Waals surface area contributed by atoms with Crippen molar-refractivity contribution in [2.75, 3.05) is 6.61 Å². The van der Waals surface area contributed by atoms with Crippen LogP contribution in [-0.2, 0) is 6.61 Å². The van der Waals surface area contributed by atoms with Crippen molar-refractivity contribution in [2.45, 2.75) is 20.5 Å². The maximum absolute atomic E-state index is 12.7. The zero-order chi connectivity index (χ0) is 22.9. The molecule has 3 rings (SSSR count). The molecule has 7 heteroatoms. The lowest BCUT2D eigenvalue weighted by Gasteiger charge is -2.15. The average Bonchev–Trinajstić information content (AvgIpc) is 2.81. The number of nitrogens with one attached hydrogen (secondary N) is 2. The topological polar surface area (TPSA) is 76.7 Å². The predicted octanol–water partition coefficient (Wildman–Crippen LogP) is 5.14. The van der Waals surface area contributed by atoms with Gasteiger partial charge in [-0.1, -0.05) is 72.2 Å². The molecule has 3 aromatic rings. The Morgan fingerprint density at radius 1 is 0.812 bits per heavy atom. The van der Waals surface area contributed by atoms with Gasteiger partial charge in [-0.15, -0.1) is 0 Å². The summed E-state index contributed by atoms with van der Waals surface area (Å²) in [6, 6.07) is 21.7.